The molecule has 1 N–H and O–H groups in total. The van der Waals surface area contributed by atoms with Crippen molar-refractivity contribution in [3.63, 3.8) is 0 Å². The number of hydrogen-bond donors (Lipinski definition) is 1. The Morgan fingerprint density at radius 3 is 2.67 bits per heavy atom. The molecule has 30 heavy (non-hydrogen) atoms. The highest BCUT2D eigenvalue weighted by molar-refractivity contribution is 9.10. The van der Waals surface area contributed by atoms with E-state index in [1.165, 1.54) is 12.1 Å². The van der Waals surface area contributed by atoms with Gasteiger partial charge in [0, 0.05) is 36.7 Å². The largest absolute Gasteiger partial charge is 0.347 e. The van der Waals surface area contributed by atoms with Crippen molar-refractivity contribution >= 4 is 27.7 Å². The molecule has 3 aromatic rings. The Kier molecular flexibility index (Phi) is 5.94. The zero-order valence-electron chi connectivity index (χ0n) is 16.1. The maximum Gasteiger partial charge on any atom is 0.272 e. The number of halogens is 2. The SMILES string of the molecule is O=C(NCc1cccc(Br)c1)c1cc2n(n1)CCCN(Cc1ccc(F)cc1)C2=O. The van der Waals surface area contributed by atoms with Crippen molar-refractivity contribution < 1.29 is 14.0 Å². The zero-order chi connectivity index (χ0) is 21.1. The van der Waals surface area contributed by atoms with Gasteiger partial charge in [0.05, 0.1) is 0 Å². The fourth-order valence-corrected chi connectivity index (χ4v) is 3.87. The van der Waals surface area contributed by atoms with Gasteiger partial charge in [0.2, 0.25) is 0 Å². The van der Waals surface area contributed by atoms with Crippen molar-refractivity contribution in [2.75, 3.05) is 6.54 Å². The van der Waals surface area contributed by atoms with Crippen molar-refractivity contribution in [1.29, 1.82) is 0 Å². The number of nitrogens with one attached hydrogen (secondary N) is 1. The smallest absolute Gasteiger partial charge is 0.272 e. The molecule has 8 heteroatoms. The Balaban J connectivity index is 1.46. The fraction of sp³-hybridized carbons (Fsp3) is 0.227. The lowest BCUT2D eigenvalue weighted by molar-refractivity contribution is 0.0745. The second-order valence-electron chi connectivity index (χ2n) is 7.16. The fourth-order valence-electron chi connectivity index (χ4n) is 3.43. The first-order valence-corrected chi connectivity index (χ1v) is 10.4. The zero-order valence-corrected chi connectivity index (χ0v) is 17.7. The molecular weight excluding hydrogens is 451 g/mol. The summed E-state index contributed by atoms with van der Waals surface area (Å²) in [6.45, 7) is 1.88. The van der Waals surface area contributed by atoms with Crippen LogP contribution in [0.2, 0.25) is 0 Å². The van der Waals surface area contributed by atoms with Gasteiger partial charge in [0.25, 0.3) is 11.8 Å². The van der Waals surface area contributed by atoms with E-state index in [1.54, 1.807) is 27.8 Å². The van der Waals surface area contributed by atoms with Gasteiger partial charge in [0.15, 0.2) is 5.69 Å². The van der Waals surface area contributed by atoms with E-state index in [4.69, 9.17) is 0 Å². The minimum absolute atomic E-state index is 0.185. The molecule has 2 aromatic carbocycles. The van der Waals surface area contributed by atoms with Crippen molar-refractivity contribution in [2.45, 2.75) is 26.1 Å². The summed E-state index contributed by atoms with van der Waals surface area (Å²) in [7, 11) is 0. The van der Waals surface area contributed by atoms with Crippen LogP contribution in [0.5, 0.6) is 0 Å². The molecule has 0 fully saturated rings. The van der Waals surface area contributed by atoms with Gasteiger partial charge in [0.1, 0.15) is 11.5 Å². The van der Waals surface area contributed by atoms with Gasteiger partial charge in [-0.1, -0.05) is 40.2 Å². The number of benzene rings is 2. The molecular formula is C22H20BrFN4O2. The number of aryl methyl sites for hydroxylation is 1. The Hall–Kier alpha value is -3.00. The second kappa shape index (κ2) is 8.79. The van der Waals surface area contributed by atoms with E-state index in [0.717, 1.165) is 22.0 Å². The summed E-state index contributed by atoms with van der Waals surface area (Å²) < 4.78 is 15.7. The topological polar surface area (TPSA) is 67.2 Å². The number of nitrogens with zero attached hydrogens (tertiary/aromatic N) is 3. The van der Waals surface area contributed by atoms with Crippen LogP contribution in [0.15, 0.2) is 59.1 Å². The molecule has 2 heterocycles. The monoisotopic (exact) mass is 470 g/mol. The number of carbonyl (C=O) groups excluding carboxylic acids is 2. The molecule has 0 saturated carbocycles. The minimum atomic E-state index is -0.326. The van der Waals surface area contributed by atoms with Crippen LogP contribution in [0.4, 0.5) is 4.39 Å². The van der Waals surface area contributed by atoms with Crippen LogP contribution in [0.3, 0.4) is 0 Å². The van der Waals surface area contributed by atoms with Gasteiger partial charge in [-0.3, -0.25) is 14.3 Å². The number of rotatable bonds is 5. The van der Waals surface area contributed by atoms with Crippen LogP contribution < -0.4 is 5.32 Å². The first-order chi connectivity index (χ1) is 14.5. The number of aromatic nitrogens is 2. The lowest BCUT2D eigenvalue weighted by Crippen LogP contribution is -2.30. The van der Waals surface area contributed by atoms with Gasteiger partial charge in [-0.25, -0.2) is 4.39 Å². The Morgan fingerprint density at radius 1 is 1.10 bits per heavy atom. The molecule has 0 radical (unpaired) electrons. The third kappa shape index (κ3) is 4.59. The Bertz CT molecular complexity index is 1080. The number of carbonyl (C=O) groups is 2. The Morgan fingerprint density at radius 2 is 1.90 bits per heavy atom. The lowest BCUT2D eigenvalue weighted by atomic mass is 10.2. The number of hydrogen-bond acceptors (Lipinski definition) is 3. The molecule has 154 valence electrons. The predicted molar refractivity (Wildman–Crippen MR) is 113 cm³/mol. The van der Waals surface area contributed by atoms with Crippen LogP contribution in [0.1, 0.15) is 38.5 Å². The molecule has 0 atom stereocenters. The van der Waals surface area contributed by atoms with E-state index in [1.807, 2.05) is 24.3 Å². The third-order valence-electron chi connectivity index (χ3n) is 4.95. The van der Waals surface area contributed by atoms with Crippen molar-refractivity contribution in [1.82, 2.24) is 20.0 Å². The molecule has 1 aliphatic rings. The van der Waals surface area contributed by atoms with E-state index in [9.17, 15) is 14.0 Å². The van der Waals surface area contributed by atoms with Crippen molar-refractivity contribution in [3.8, 4) is 0 Å². The molecule has 0 unspecified atom stereocenters. The quantitative estimate of drug-likeness (QED) is 0.617. The number of fused-ring (bicyclic) bond motifs is 1. The van der Waals surface area contributed by atoms with E-state index in [-0.39, 0.29) is 23.3 Å². The third-order valence-corrected chi connectivity index (χ3v) is 5.44. The van der Waals surface area contributed by atoms with Crippen molar-refractivity contribution in [3.05, 3.63) is 87.4 Å². The molecule has 0 saturated heterocycles. The maximum absolute atomic E-state index is 13.1. The van der Waals surface area contributed by atoms with E-state index in [2.05, 4.69) is 26.3 Å². The summed E-state index contributed by atoms with van der Waals surface area (Å²) in [6.07, 6.45) is 0.723. The van der Waals surface area contributed by atoms with E-state index in [0.29, 0.717) is 31.9 Å². The molecule has 0 spiro atoms. The lowest BCUT2D eigenvalue weighted by Gasteiger charge is -2.20. The molecule has 2 amide bonds. The predicted octanol–water partition coefficient (Wildman–Crippen LogP) is 3.76. The van der Waals surface area contributed by atoms with E-state index < -0.39 is 0 Å². The van der Waals surface area contributed by atoms with Gasteiger partial charge in [-0.15, -0.1) is 0 Å². The molecule has 1 aromatic heterocycles. The molecule has 0 bridgehead atoms. The number of amides is 2. The van der Waals surface area contributed by atoms with Crippen LogP contribution in [-0.2, 0) is 19.6 Å². The standard InChI is InChI=1S/C22H20BrFN4O2/c23-17-4-1-3-16(11-17)13-25-21(29)19-12-20-22(30)27(9-2-10-28(20)26-19)14-15-5-7-18(24)8-6-15/h1,3-8,11-12H,2,9-10,13-14H2,(H,25,29). The molecule has 4 rings (SSSR count). The van der Waals surface area contributed by atoms with Crippen molar-refractivity contribution in [2.24, 2.45) is 0 Å². The second-order valence-corrected chi connectivity index (χ2v) is 8.07. The normalized spacial score (nSPS) is 13.7. The average molecular weight is 471 g/mol. The highest BCUT2D eigenvalue weighted by Crippen LogP contribution is 2.17. The summed E-state index contributed by atoms with van der Waals surface area (Å²) >= 11 is 3.41. The summed E-state index contributed by atoms with van der Waals surface area (Å²) in [5.41, 5.74) is 2.42. The first kappa shape index (κ1) is 20.3. The average Bonchev–Trinajstić information content (AvgIpc) is 3.11. The van der Waals surface area contributed by atoms with Crippen LogP contribution >= 0.6 is 15.9 Å². The molecule has 1 aliphatic heterocycles. The molecule has 0 aliphatic carbocycles. The maximum atomic E-state index is 13.1. The summed E-state index contributed by atoms with van der Waals surface area (Å²) in [6, 6.07) is 15.3. The van der Waals surface area contributed by atoms with E-state index >= 15 is 0 Å². The highest BCUT2D eigenvalue weighted by Gasteiger charge is 2.26. The summed E-state index contributed by atoms with van der Waals surface area (Å²) in [5.74, 6) is -0.818. The minimum Gasteiger partial charge on any atom is -0.347 e. The summed E-state index contributed by atoms with van der Waals surface area (Å²) in [5, 5.41) is 7.18. The van der Waals surface area contributed by atoms with Gasteiger partial charge in [-0.05, 0) is 41.8 Å². The highest BCUT2D eigenvalue weighted by atomic mass is 79.9. The van der Waals surface area contributed by atoms with Crippen LogP contribution in [-0.4, -0.2) is 33.0 Å². The van der Waals surface area contributed by atoms with Gasteiger partial charge in [-0.2, -0.15) is 5.10 Å². The molecule has 6 nitrogen and oxygen atoms in total. The van der Waals surface area contributed by atoms with Crippen LogP contribution in [0, 0.1) is 5.82 Å². The van der Waals surface area contributed by atoms with Gasteiger partial charge >= 0.3 is 0 Å². The first-order valence-electron chi connectivity index (χ1n) is 9.64. The Labute approximate surface area is 181 Å². The van der Waals surface area contributed by atoms with Crippen LogP contribution in [0.25, 0.3) is 0 Å². The van der Waals surface area contributed by atoms with Gasteiger partial charge < -0.3 is 10.2 Å². The summed E-state index contributed by atoms with van der Waals surface area (Å²) in [4.78, 5) is 27.3.